The Bertz CT molecular complexity index is 238. The number of fused-ring (bicyclic) bond motifs is 1. The second-order valence-corrected chi connectivity index (χ2v) is 4.39. The van der Waals surface area contributed by atoms with Gasteiger partial charge in [-0.15, -0.1) is 0 Å². The summed E-state index contributed by atoms with van der Waals surface area (Å²) in [6.45, 7) is 3.81. The van der Waals surface area contributed by atoms with Gasteiger partial charge in [-0.1, -0.05) is 0 Å². The van der Waals surface area contributed by atoms with Crippen LogP contribution in [0, 0.1) is 5.41 Å². The van der Waals surface area contributed by atoms with E-state index in [1.54, 1.807) is 6.92 Å². The number of epoxide rings is 1. The summed E-state index contributed by atoms with van der Waals surface area (Å²) in [7, 11) is 0. The summed E-state index contributed by atoms with van der Waals surface area (Å²) in [5.74, 6) is -0.712. The molecule has 2 rings (SSSR count). The normalized spacial score (nSPS) is 51.3. The smallest absolute Gasteiger partial charge is 0.312 e. The summed E-state index contributed by atoms with van der Waals surface area (Å²) in [5.41, 5.74) is -0.752. The van der Waals surface area contributed by atoms with E-state index in [2.05, 4.69) is 0 Å². The molecule has 12 heavy (non-hydrogen) atoms. The summed E-state index contributed by atoms with van der Waals surface area (Å²) in [4.78, 5) is 11.0. The predicted molar refractivity (Wildman–Crippen MR) is 42.9 cm³/mol. The van der Waals surface area contributed by atoms with E-state index >= 15 is 0 Å². The largest absolute Gasteiger partial charge is 0.481 e. The molecule has 1 unspecified atom stereocenters. The average Bonchev–Trinajstić information content (AvgIpc) is 2.63. The van der Waals surface area contributed by atoms with Crippen molar-refractivity contribution >= 4 is 5.97 Å². The number of rotatable bonds is 1. The molecule has 3 heteroatoms. The van der Waals surface area contributed by atoms with Crippen molar-refractivity contribution < 1.29 is 14.6 Å². The van der Waals surface area contributed by atoms with Gasteiger partial charge in [-0.3, -0.25) is 4.79 Å². The topological polar surface area (TPSA) is 49.8 Å². The van der Waals surface area contributed by atoms with Gasteiger partial charge in [0, 0.05) is 0 Å². The lowest BCUT2D eigenvalue weighted by Gasteiger charge is -2.28. The van der Waals surface area contributed by atoms with Crippen molar-refractivity contribution in [2.24, 2.45) is 5.41 Å². The maximum absolute atomic E-state index is 11.0. The van der Waals surface area contributed by atoms with E-state index in [0.29, 0.717) is 0 Å². The van der Waals surface area contributed by atoms with Crippen LogP contribution in [0.3, 0.4) is 0 Å². The van der Waals surface area contributed by atoms with Crippen molar-refractivity contribution in [1.29, 1.82) is 0 Å². The van der Waals surface area contributed by atoms with Gasteiger partial charge in [0.1, 0.15) is 6.10 Å². The summed E-state index contributed by atoms with van der Waals surface area (Å²) in [6, 6.07) is 0. The van der Waals surface area contributed by atoms with E-state index in [0.717, 1.165) is 19.3 Å². The lowest BCUT2D eigenvalue weighted by molar-refractivity contribution is -0.150. The van der Waals surface area contributed by atoms with Crippen LogP contribution in [0.4, 0.5) is 0 Å². The average molecular weight is 170 g/mol. The Morgan fingerprint density at radius 2 is 2.17 bits per heavy atom. The highest BCUT2D eigenvalue weighted by molar-refractivity contribution is 5.76. The molecule has 0 aromatic carbocycles. The fraction of sp³-hybridized carbons (Fsp3) is 0.889. The first-order valence-electron chi connectivity index (χ1n) is 4.40. The molecule has 3 atom stereocenters. The van der Waals surface area contributed by atoms with Gasteiger partial charge in [0.2, 0.25) is 0 Å². The first kappa shape index (κ1) is 8.05. The van der Waals surface area contributed by atoms with Gasteiger partial charge >= 0.3 is 5.97 Å². The fourth-order valence-corrected chi connectivity index (χ4v) is 2.39. The van der Waals surface area contributed by atoms with Crippen LogP contribution in [-0.2, 0) is 9.53 Å². The number of carboxylic acids is 1. The number of ether oxygens (including phenoxy) is 1. The summed E-state index contributed by atoms with van der Waals surface area (Å²) >= 11 is 0. The van der Waals surface area contributed by atoms with Crippen molar-refractivity contribution in [1.82, 2.24) is 0 Å². The van der Waals surface area contributed by atoms with E-state index in [9.17, 15) is 4.79 Å². The van der Waals surface area contributed by atoms with Gasteiger partial charge in [0.05, 0.1) is 11.0 Å². The fourth-order valence-electron chi connectivity index (χ4n) is 2.39. The van der Waals surface area contributed by atoms with Crippen molar-refractivity contribution in [2.45, 2.75) is 44.8 Å². The maximum atomic E-state index is 11.0. The minimum absolute atomic E-state index is 0.0451. The summed E-state index contributed by atoms with van der Waals surface area (Å²) < 4.78 is 5.46. The Kier molecular flexibility index (Phi) is 1.35. The Labute approximate surface area is 71.7 Å². The third kappa shape index (κ3) is 0.829. The lowest BCUT2D eigenvalue weighted by Crippen LogP contribution is -2.39. The molecule has 0 radical (unpaired) electrons. The summed E-state index contributed by atoms with van der Waals surface area (Å²) in [6.07, 6.45) is 2.69. The van der Waals surface area contributed by atoms with Crippen LogP contribution >= 0.6 is 0 Å². The molecule has 1 saturated heterocycles. The molecule has 1 aliphatic heterocycles. The van der Waals surface area contributed by atoms with Gasteiger partial charge in [0.15, 0.2) is 0 Å². The van der Waals surface area contributed by atoms with E-state index < -0.39 is 11.4 Å². The monoisotopic (exact) mass is 170 g/mol. The molecule has 0 bridgehead atoms. The molecule has 0 aromatic rings. The molecule has 1 saturated carbocycles. The highest BCUT2D eigenvalue weighted by atomic mass is 16.6. The number of carboxylic acid groups (broad SMARTS) is 1. The number of hydrogen-bond acceptors (Lipinski definition) is 2. The highest BCUT2D eigenvalue weighted by Gasteiger charge is 2.66. The van der Waals surface area contributed by atoms with Crippen molar-refractivity contribution in [3.63, 3.8) is 0 Å². The molecular formula is C9H14O3. The molecule has 0 aromatic heterocycles. The third-order valence-electron chi connectivity index (χ3n) is 3.32. The Morgan fingerprint density at radius 1 is 1.50 bits per heavy atom. The van der Waals surface area contributed by atoms with E-state index in [1.807, 2.05) is 6.92 Å². The number of carbonyl (C=O) groups is 1. The zero-order valence-electron chi connectivity index (χ0n) is 7.46. The molecule has 1 heterocycles. The van der Waals surface area contributed by atoms with Crippen LogP contribution in [0.25, 0.3) is 0 Å². The molecule has 0 spiro atoms. The molecule has 2 fully saturated rings. The number of hydrogen-bond donors (Lipinski definition) is 1. The van der Waals surface area contributed by atoms with Gasteiger partial charge < -0.3 is 9.84 Å². The first-order valence-corrected chi connectivity index (χ1v) is 4.40. The molecule has 2 aliphatic rings. The van der Waals surface area contributed by atoms with Gasteiger partial charge in [-0.2, -0.15) is 0 Å². The van der Waals surface area contributed by atoms with E-state index in [4.69, 9.17) is 9.84 Å². The molecule has 3 nitrogen and oxygen atoms in total. The van der Waals surface area contributed by atoms with Crippen LogP contribution in [-0.4, -0.2) is 22.8 Å². The standard InChI is InChI=1S/C9H14O3/c1-8(7(10)11)4-3-5-9(2)6(8)12-9/h6H,3-5H2,1-2H3,(H,10,11)/t6-,8?,9+/m0/s1. The van der Waals surface area contributed by atoms with Crippen LogP contribution in [0.5, 0.6) is 0 Å². The zero-order valence-corrected chi connectivity index (χ0v) is 7.46. The van der Waals surface area contributed by atoms with Gasteiger partial charge in [0.25, 0.3) is 0 Å². The van der Waals surface area contributed by atoms with E-state index in [1.165, 1.54) is 0 Å². The van der Waals surface area contributed by atoms with Crippen LogP contribution in [0.2, 0.25) is 0 Å². The highest BCUT2D eigenvalue weighted by Crippen LogP contribution is 2.56. The Morgan fingerprint density at radius 3 is 2.67 bits per heavy atom. The van der Waals surface area contributed by atoms with Crippen LogP contribution < -0.4 is 0 Å². The molecule has 1 N–H and O–H groups in total. The first-order chi connectivity index (χ1) is 5.49. The molecule has 68 valence electrons. The minimum atomic E-state index is -0.712. The Hall–Kier alpha value is -0.570. The minimum Gasteiger partial charge on any atom is -0.481 e. The SMILES string of the molecule is CC1(C(=O)O)CCC[C@@]2(C)O[C@@H]12. The predicted octanol–water partition coefficient (Wildman–Crippen LogP) is 1.42. The maximum Gasteiger partial charge on any atom is 0.312 e. The van der Waals surface area contributed by atoms with Gasteiger partial charge in [-0.05, 0) is 33.1 Å². The van der Waals surface area contributed by atoms with Crippen molar-refractivity contribution in [2.75, 3.05) is 0 Å². The second-order valence-electron chi connectivity index (χ2n) is 4.39. The zero-order chi connectivity index (χ0) is 8.98. The van der Waals surface area contributed by atoms with Crippen LogP contribution in [0.1, 0.15) is 33.1 Å². The lowest BCUT2D eigenvalue weighted by atomic mass is 9.71. The van der Waals surface area contributed by atoms with Crippen LogP contribution in [0.15, 0.2) is 0 Å². The summed E-state index contributed by atoms with van der Waals surface area (Å²) in [5, 5.41) is 9.03. The van der Waals surface area contributed by atoms with Crippen molar-refractivity contribution in [3.05, 3.63) is 0 Å². The van der Waals surface area contributed by atoms with Crippen molar-refractivity contribution in [3.8, 4) is 0 Å². The molecule has 1 aliphatic carbocycles. The second kappa shape index (κ2) is 2.02. The Balaban J connectivity index is 2.23. The number of aliphatic carboxylic acids is 1. The third-order valence-corrected chi connectivity index (χ3v) is 3.32. The van der Waals surface area contributed by atoms with Gasteiger partial charge in [-0.25, -0.2) is 0 Å². The molecule has 0 amide bonds. The van der Waals surface area contributed by atoms with E-state index in [-0.39, 0.29) is 11.7 Å². The molecular weight excluding hydrogens is 156 g/mol. The quantitative estimate of drug-likeness (QED) is 0.605.